The molecule has 0 unspecified atom stereocenters. The number of rotatable bonds is 2. The molecule has 0 heterocycles. The minimum absolute atomic E-state index is 0.107. The van der Waals surface area contributed by atoms with Gasteiger partial charge in [-0.3, -0.25) is 0 Å². The molecule has 0 fully saturated rings. The van der Waals surface area contributed by atoms with Crippen LogP contribution in [0.2, 0.25) is 0 Å². The summed E-state index contributed by atoms with van der Waals surface area (Å²) in [5.74, 6) is 0. The van der Waals surface area contributed by atoms with E-state index in [-0.39, 0.29) is 13.2 Å². The number of aliphatic hydroxyl groups excluding tert-OH is 1. The third kappa shape index (κ3) is 5.23. The van der Waals surface area contributed by atoms with Crippen molar-refractivity contribution in [3.8, 4) is 0 Å². The molecule has 0 atom stereocenters. The second kappa shape index (κ2) is 3.42. The van der Waals surface area contributed by atoms with Crippen molar-refractivity contribution >= 4 is 6.03 Å². The monoisotopic (exact) mass is 103 g/mol. The molecule has 0 saturated carbocycles. The Morgan fingerprint density at radius 1 is 1.86 bits per heavy atom. The number of urea groups is 1. The summed E-state index contributed by atoms with van der Waals surface area (Å²) >= 11 is 0. The van der Waals surface area contributed by atoms with E-state index in [1.807, 2.05) is 0 Å². The lowest BCUT2D eigenvalue weighted by molar-refractivity contribution is 0.240. The number of hydrogen-bond donors (Lipinski definition) is 2. The van der Waals surface area contributed by atoms with Gasteiger partial charge in [0.15, 0.2) is 0 Å². The Morgan fingerprint density at radius 3 is 2.57 bits per heavy atom. The van der Waals surface area contributed by atoms with Crippen LogP contribution in [-0.2, 0) is 0 Å². The average Bonchev–Trinajstić information content (AvgIpc) is 1.61. The fourth-order valence-corrected chi connectivity index (χ4v) is 0.169. The maximum atomic E-state index is 9.65. The highest BCUT2D eigenvalue weighted by Gasteiger charge is 1.85. The highest BCUT2D eigenvalue weighted by molar-refractivity contribution is 5.70. The lowest BCUT2D eigenvalue weighted by Gasteiger charge is -1.91. The molecule has 0 bridgehead atoms. The Hall–Kier alpha value is -0.770. The summed E-state index contributed by atoms with van der Waals surface area (Å²) in [6, 6.07) is -0.853. The molecule has 4 nitrogen and oxygen atoms in total. The molecule has 0 aliphatic rings. The van der Waals surface area contributed by atoms with Crippen LogP contribution in [0.25, 0.3) is 0 Å². The van der Waals surface area contributed by atoms with Gasteiger partial charge in [0.2, 0.25) is 0 Å². The Morgan fingerprint density at radius 2 is 2.43 bits per heavy atom. The minimum Gasteiger partial charge on any atom is -0.395 e. The fraction of sp³-hybridized carbons (Fsp3) is 0.667. The first-order valence-electron chi connectivity index (χ1n) is 1.87. The number of aliphatic hydroxyl groups is 1. The maximum absolute atomic E-state index is 9.65. The molecule has 0 saturated heterocycles. The zero-order chi connectivity index (χ0) is 5.70. The number of carbonyl (C=O) groups is 1. The van der Waals surface area contributed by atoms with Crippen molar-refractivity contribution in [3.63, 3.8) is 0 Å². The third-order valence-electron chi connectivity index (χ3n) is 0.397. The highest BCUT2D eigenvalue weighted by Crippen LogP contribution is 1.55. The lowest BCUT2D eigenvalue weighted by Crippen LogP contribution is -2.25. The summed E-state index contributed by atoms with van der Waals surface area (Å²) in [5.41, 5.74) is 6.22. The molecule has 41 valence electrons. The van der Waals surface area contributed by atoms with Crippen molar-refractivity contribution in [2.75, 3.05) is 13.2 Å². The van der Waals surface area contributed by atoms with Crippen LogP contribution >= 0.6 is 0 Å². The van der Waals surface area contributed by atoms with Crippen LogP contribution in [-0.4, -0.2) is 24.3 Å². The molecule has 2 amide bonds. The SMILES string of the molecule is [NH]C(=O)NCCO. The third-order valence-corrected chi connectivity index (χ3v) is 0.397. The van der Waals surface area contributed by atoms with Gasteiger partial charge in [0.1, 0.15) is 0 Å². The largest absolute Gasteiger partial charge is 0.395 e. The highest BCUT2D eigenvalue weighted by atomic mass is 16.3. The molecular weight excluding hydrogens is 96.0 g/mol. The Kier molecular flexibility index (Phi) is 3.04. The second-order valence-corrected chi connectivity index (χ2v) is 0.980. The molecule has 0 aliphatic carbocycles. The van der Waals surface area contributed by atoms with Crippen molar-refractivity contribution in [3.05, 3.63) is 0 Å². The topological polar surface area (TPSA) is 73.1 Å². The Labute approximate surface area is 41.3 Å². The molecule has 0 aromatic carbocycles. The smallest absolute Gasteiger partial charge is 0.333 e. The predicted octanol–water partition coefficient (Wildman–Crippen LogP) is -1.03. The summed E-state index contributed by atoms with van der Waals surface area (Å²) in [4.78, 5) is 9.65. The number of nitrogens with one attached hydrogen (secondary N) is 2. The summed E-state index contributed by atoms with van der Waals surface area (Å²) in [7, 11) is 0. The predicted molar refractivity (Wildman–Crippen MR) is 23.6 cm³/mol. The molecule has 0 aromatic rings. The van der Waals surface area contributed by atoms with Gasteiger partial charge in [-0.05, 0) is 0 Å². The van der Waals surface area contributed by atoms with Gasteiger partial charge >= 0.3 is 6.03 Å². The van der Waals surface area contributed by atoms with Crippen molar-refractivity contribution in [2.45, 2.75) is 0 Å². The van der Waals surface area contributed by atoms with E-state index in [9.17, 15) is 4.79 Å². The van der Waals surface area contributed by atoms with Gasteiger partial charge in [0, 0.05) is 6.54 Å². The van der Waals surface area contributed by atoms with E-state index in [0.717, 1.165) is 0 Å². The van der Waals surface area contributed by atoms with Gasteiger partial charge in [-0.2, -0.15) is 0 Å². The zero-order valence-corrected chi connectivity index (χ0v) is 3.77. The van der Waals surface area contributed by atoms with Gasteiger partial charge in [-0.1, -0.05) is 0 Å². The van der Waals surface area contributed by atoms with Gasteiger partial charge < -0.3 is 10.4 Å². The molecule has 3 N–H and O–H groups in total. The van der Waals surface area contributed by atoms with Gasteiger partial charge in [0.25, 0.3) is 0 Å². The first kappa shape index (κ1) is 6.23. The van der Waals surface area contributed by atoms with Crippen LogP contribution in [0.1, 0.15) is 0 Å². The molecule has 7 heavy (non-hydrogen) atoms. The van der Waals surface area contributed by atoms with E-state index >= 15 is 0 Å². The molecular formula is C3H7N2O2. The average molecular weight is 103 g/mol. The van der Waals surface area contributed by atoms with E-state index < -0.39 is 6.03 Å². The first-order valence-corrected chi connectivity index (χ1v) is 1.87. The van der Waals surface area contributed by atoms with Crippen LogP contribution in [0.4, 0.5) is 4.79 Å². The van der Waals surface area contributed by atoms with Gasteiger partial charge in [0.05, 0.1) is 6.61 Å². The van der Waals surface area contributed by atoms with Crippen molar-refractivity contribution < 1.29 is 9.90 Å². The van der Waals surface area contributed by atoms with Crippen molar-refractivity contribution in [1.29, 1.82) is 0 Å². The van der Waals surface area contributed by atoms with Crippen molar-refractivity contribution in [1.82, 2.24) is 11.1 Å². The second-order valence-electron chi connectivity index (χ2n) is 0.980. The van der Waals surface area contributed by atoms with E-state index in [1.54, 1.807) is 0 Å². The molecule has 1 radical (unpaired) electrons. The minimum atomic E-state index is -0.853. The number of amides is 2. The van der Waals surface area contributed by atoms with E-state index in [0.29, 0.717) is 0 Å². The molecule has 0 aliphatic heterocycles. The van der Waals surface area contributed by atoms with Crippen LogP contribution in [0.3, 0.4) is 0 Å². The van der Waals surface area contributed by atoms with Crippen LogP contribution in [0.5, 0.6) is 0 Å². The quantitative estimate of drug-likeness (QED) is 0.469. The fourth-order valence-electron chi connectivity index (χ4n) is 0.169. The summed E-state index contributed by atoms with van der Waals surface area (Å²) in [6.45, 7) is 0.0625. The van der Waals surface area contributed by atoms with E-state index in [1.165, 1.54) is 0 Å². The lowest BCUT2D eigenvalue weighted by atomic mass is 10.7. The summed E-state index contributed by atoms with van der Waals surface area (Å²) in [5, 5.41) is 10.1. The molecule has 0 spiro atoms. The summed E-state index contributed by atoms with van der Waals surface area (Å²) < 4.78 is 0. The Balaban J connectivity index is 2.82. The standard InChI is InChI=1S/C3H7N2O2/c4-3(7)5-1-2-6/h4,6H,1-2H2,(H,5,7). The normalized spacial score (nSPS) is 8.14. The van der Waals surface area contributed by atoms with Crippen molar-refractivity contribution in [2.24, 2.45) is 0 Å². The van der Waals surface area contributed by atoms with Gasteiger partial charge in [-0.15, -0.1) is 0 Å². The molecule has 0 rings (SSSR count). The number of carbonyl (C=O) groups excluding carboxylic acids is 1. The van der Waals surface area contributed by atoms with Crippen LogP contribution < -0.4 is 11.1 Å². The maximum Gasteiger partial charge on any atom is 0.333 e. The Bertz CT molecular complexity index is 64.0. The van der Waals surface area contributed by atoms with E-state index in [2.05, 4.69) is 5.32 Å². The van der Waals surface area contributed by atoms with Gasteiger partial charge in [-0.25, -0.2) is 10.5 Å². The zero-order valence-electron chi connectivity index (χ0n) is 3.77. The molecule has 4 heteroatoms. The summed E-state index contributed by atoms with van der Waals surface area (Å²) in [6.07, 6.45) is 0. The molecule has 0 aromatic heterocycles. The van der Waals surface area contributed by atoms with E-state index in [4.69, 9.17) is 10.8 Å². The first-order chi connectivity index (χ1) is 3.27. The van der Waals surface area contributed by atoms with Crippen LogP contribution in [0, 0.1) is 0 Å². The van der Waals surface area contributed by atoms with Crippen LogP contribution in [0.15, 0.2) is 0 Å². The number of hydrogen-bond acceptors (Lipinski definition) is 2.